The first kappa shape index (κ1) is 12.3. The number of nitrogens with zero attached hydrogens (tertiary/aromatic N) is 1. The lowest BCUT2D eigenvalue weighted by Gasteiger charge is -2.30. The molecule has 1 aliphatic heterocycles. The molecule has 94 valence electrons. The molecule has 2 rings (SSSR count). The van der Waals surface area contributed by atoms with Crippen LogP contribution in [0.4, 0.5) is 0 Å². The maximum Gasteiger partial charge on any atom is 0.0667 e. The SMILES string of the molecule is COC(C)CNC1(CN)CCN(C2CC2)C1. The molecule has 2 atom stereocenters. The third-order valence-corrected chi connectivity index (χ3v) is 4.00. The van der Waals surface area contributed by atoms with Crippen LogP contribution in [0.25, 0.3) is 0 Å². The van der Waals surface area contributed by atoms with Crippen molar-refractivity contribution in [3.05, 3.63) is 0 Å². The van der Waals surface area contributed by atoms with Crippen LogP contribution in [0, 0.1) is 0 Å². The number of likely N-dealkylation sites (tertiary alicyclic amines) is 1. The minimum Gasteiger partial charge on any atom is -0.380 e. The van der Waals surface area contributed by atoms with E-state index < -0.39 is 0 Å². The number of methoxy groups -OCH3 is 1. The summed E-state index contributed by atoms with van der Waals surface area (Å²) in [6, 6.07) is 0.857. The van der Waals surface area contributed by atoms with Crippen molar-refractivity contribution in [1.29, 1.82) is 0 Å². The monoisotopic (exact) mass is 227 g/mol. The highest BCUT2D eigenvalue weighted by Crippen LogP contribution is 2.33. The number of rotatable bonds is 6. The molecule has 2 aliphatic rings. The predicted molar refractivity (Wildman–Crippen MR) is 65.5 cm³/mol. The van der Waals surface area contributed by atoms with Crippen molar-refractivity contribution in [1.82, 2.24) is 10.2 Å². The lowest BCUT2D eigenvalue weighted by molar-refractivity contribution is 0.107. The van der Waals surface area contributed by atoms with Crippen molar-refractivity contribution in [2.45, 2.75) is 43.9 Å². The molecule has 2 fully saturated rings. The molecule has 0 aromatic carbocycles. The first-order chi connectivity index (χ1) is 7.69. The van der Waals surface area contributed by atoms with Gasteiger partial charge >= 0.3 is 0 Å². The summed E-state index contributed by atoms with van der Waals surface area (Å²) in [5.74, 6) is 0. The minimum atomic E-state index is 0.134. The van der Waals surface area contributed by atoms with Crippen molar-refractivity contribution in [2.75, 3.05) is 33.3 Å². The maximum absolute atomic E-state index is 5.95. The molecule has 0 aromatic heterocycles. The van der Waals surface area contributed by atoms with Gasteiger partial charge in [0.15, 0.2) is 0 Å². The van der Waals surface area contributed by atoms with Crippen LogP contribution in [0.15, 0.2) is 0 Å². The zero-order chi connectivity index (χ0) is 11.6. The Bertz CT molecular complexity index is 232. The second-order valence-electron chi connectivity index (χ2n) is 5.36. The van der Waals surface area contributed by atoms with Crippen molar-refractivity contribution < 1.29 is 4.74 Å². The molecule has 0 bridgehead atoms. The molecule has 16 heavy (non-hydrogen) atoms. The summed E-state index contributed by atoms with van der Waals surface area (Å²) in [6.45, 7) is 6.03. The topological polar surface area (TPSA) is 50.5 Å². The van der Waals surface area contributed by atoms with Crippen LogP contribution in [0.3, 0.4) is 0 Å². The molecular weight excluding hydrogens is 202 g/mol. The number of hydrogen-bond acceptors (Lipinski definition) is 4. The third-order valence-electron chi connectivity index (χ3n) is 4.00. The first-order valence-corrected chi connectivity index (χ1v) is 6.41. The van der Waals surface area contributed by atoms with Gasteiger partial charge in [-0.25, -0.2) is 0 Å². The highest BCUT2D eigenvalue weighted by Gasteiger charge is 2.42. The molecule has 0 spiro atoms. The summed E-state index contributed by atoms with van der Waals surface area (Å²) in [5, 5.41) is 3.62. The van der Waals surface area contributed by atoms with E-state index in [1.807, 2.05) is 0 Å². The van der Waals surface area contributed by atoms with Gasteiger partial charge in [0.1, 0.15) is 0 Å². The van der Waals surface area contributed by atoms with Gasteiger partial charge in [-0.2, -0.15) is 0 Å². The van der Waals surface area contributed by atoms with E-state index in [2.05, 4.69) is 17.1 Å². The van der Waals surface area contributed by atoms with Gasteiger partial charge in [0.25, 0.3) is 0 Å². The number of nitrogens with two attached hydrogens (primary N) is 1. The van der Waals surface area contributed by atoms with E-state index in [9.17, 15) is 0 Å². The third kappa shape index (κ3) is 2.74. The molecule has 1 aliphatic carbocycles. The summed E-state index contributed by atoms with van der Waals surface area (Å²) in [5.41, 5.74) is 6.08. The van der Waals surface area contributed by atoms with Crippen LogP contribution in [-0.4, -0.2) is 55.9 Å². The van der Waals surface area contributed by atoms with Gasteiger partial charge < -0.3 is 15.8 Å². The fourth-order valence-electron chi connectivity index (χ4n) is 2.48. The molecule has 0 radical (unpaired) electrons. The van der Waals surface area contributed by atoms with Crippen molar-refractivity contribution in [3.8, 4) is 0 Å². The summed E-state index contributed by atoms with van der Waals surface area (Å²) in [4.78, 5) is 2.59. The second-order valence-corrected chi connectivity index (χ2v) is 5.36. The Labute approximate surface area is 98.5 Å². The van der Waals surface area contributed by atoms with E-state index in [1.165, 1.54) is 25.8 Å². The molecule has 3 N–H and O–H groups in total. The van der Waals surface area contributed by atoms with Crippen molar-refractivity contribution in [2.24, 2.45) is 5.73 Å². The van der Waals surface area contributed by atoms with Gasteiger partial charge in [-0.1, -0.05) is 0 Å². The van der Waals surface area contributed by atoms with Gasteiger partial charge in [-0.05, 0) is 26.2 Å². The fraction of sp³-hybridized carbons (Fsp3) is 1.00. The number of nitrogens with one attached hydrogen (secondary N) is 1. The van der Waals surface area contributed by atoms with Gasteiger partial charge in [-0.15, -0.1) is 0 Å². The average molecular weight is 227 g/mol. The molecule has 4 heteroatoms. The highest BCUT2D eigenvalue weighted by molar-refractivity contribution is 5.02. The lowest BCUT2D eigenvalue weighted by Crippen LogP contribution is -2.55. The van der Waals surface area contributed by atoms with Crippen molar-refractivity contribution >= 4 is 0 Å². The van der Waals surface area contributed by atoms with Crippen LogP contribution in [0.5, 0.6) is 0 Å². The van der Waals surface area contributed by atoms with Gasteiger partial charge in [-0.3, -0.25) is 4.90 Å². The van der Waals surface area contributed by atoms with Gasteiger partial charge in [0, 0.05) is 44.9 Å². The molecular formula is C12H25N3O. The fourth-order valence-corrected chi connectivity index (χ4v) is 2.48. The summed E-state index contributed by atoms with van der Waals surface area (Å²) in [6.07, 6.45) is 4.21. The molecule has 0 aromatic rings. The van der Waals surface area contributed by atoms with E-state index in [0.717, 1.165) is 25.7 Å². The Morgan fingerprint density at radius 2 is 2.31 bits per heavy atom. The van der Waals surface area contributed by atoms with E-state index in [1.54, 1.807) is 7.11 Å². The van der Waals surface area contributed by atoms with E-state index in [4.69, 9.17) is 10.5 Å². The standard InChI is InChI=1S/C12H25N3O/c1-10(16-2)7-14-12(8-13)5-6-15(9-12)11-3-4-11/h10-11,14H,3-9,13H2,1-2H3. The van der Waals surface area contributed by atoms with Crippen LogP contribution in [-0.2, 0) is 4.74 Å². The quantitative estimate of drug-likeness (QED) is 0.679. The highest BCUT2D eigenvalue weighted by atomic mass is 16.5. The summed E-state index contributed by atoms with van der Waals surface area (Å²) >= 11 is 0. The van der Waals surface area contributed by atoms with E-state index in [0.29, 0.717) is 0 Å². The second kappa shape index (κ2) is 5.00. The molecule has 1 saturated heterocycles. The maximum atomic E-state index is 5.95. The van der Waals surface area contributed by atoms with Crippen molar-refractivity contribution in [3.63, 3.8) is 0 Å². The predicted octanol–water partition coefficient (Wildman–Crippen LogP) is 0.177. The Kier molecular flexibility index (Phi) is 3.85. The molecule has 2 unspecified atom stereocenters. The smallest absolute Gasteiger partial charge is 0.0667 e. The Morgan fingerprint density at radius 1 is 1.56 bits per heavy atom. The van der Waals surface area contributed by atoms with Gasteiger partial charge in [0.2, 0.25) is 0 Å². The van der Waals surface area contributed by atoms with E-state index in [-0.39, 0.29) is 11.6 Å². The Morgan fingerprint density at radius 3 is 2.88 bits per heavy atom. The lowest BCUT2D eigenvalue weighted by atomic mass is 9.98. The largest absolute Gasteiger partial charge is 0.380 e. The average Bonchev–Trinajstić information content (AvgIpc) is 3.08. The Hall–Kier alpha value is -0.160. The summed E-state index contributed by atoms with van der Waals surface area (Å²) in [7, 11) is 1.76. The van der Waals surface area contributed by atoms with Crippen LogP contribution >= 0.6 is 0 Å². The van der Waals surface area contributed by atoms with Gasteiger partial charge in [0.05, 0.1) is 6.10 Å². The summed E-state index contributed by atoms with van der Waals surface area (Å²) < 4.78 is 5.27. The van der Waals surface area contributed by atoms with Crippen LogP contribution < -0.4 is 11.1 Å². The van der Waals surface area contributed by atoms with Crippen LogP contribution in [0.2, 0.25) is 0 Å². The molecule has 4 nitrogen and oxygen atoms in total. The Balaban J connectivity index is 1.82. The molecule has 0 amide bonds. The zero-order valence-corrected chi connectivity index (χ0v) is 10.5. The normalized spacial score (nSPS) is 33.2. The number of ether oxygens (including phenoxy) is 1. The molecule has 1 saturated carbocycles. The van der Waals surface area contributed by atoms with Crippen LogP contribution in [0.1, 0.15) is 26.2 Å². The number of hydrogen-bond donors (Lipinski definition) is 2. The zero-order valence-electron chi connectivity index (χ0n) is 10.5. The minimum absolute atomic E-state index is 0.134. The molecule has 1 heterocycles. The first-order valence-electron chi connectivity index (χ1n) is 6.41. The van der Waals surface area contributed by atoms with E-state index >= 15 is 0 Å².